The van der Waals surface area contributed by atoms with Gasteiger partial charge in [0.15, 0.2) is 0 Å². The van der Waals surface area contributed by atoms with Crippen molar-refractivity contribution < 1.29 is 19.5 Å². The van der Waals surface area contributed by atoms with Gasteiger partial charge in [-0.05, 0) is 18.4 Å². The number of rotatable bonds is 5. The van der Waals surface area contributed by atoms with Crippen LogP contribution in [0.4, 0.5) is 0 Å². The number of amides is 2. The molecule has 0 aliphatic carbocycles. The van der Waals surface area contributed by atoms with Crippen molar-refractivity contribution in [1.29, 1.82) is 0 Å². The summed E-state index contributed by atoms with van der Waals surface area (Å²) >= 11 is 0. The second-order valence-electron chi connectivity index (χ2n) is 5.02. The lowest BCUT2D eigenvalue weighted by atomic mass is 9.98. The molecule has 0 spiro atoms. The zero-order chi connectivity index (χ0) is 14.7. The van der Waals surface area contributed by atoms with Crippen LogP contribution in [0.3, 0.4) is 0 Å². The fourth-order valence-electron chi connectivity index (χ4n) is 2.30. The van der Waals surface area contributed by atoms with Gasteiger partial charge >= 0.3 is 5.97 Å². The number of hydrogen-bond donors (Lipinski definition) is 1. The van der Waals surface area contributed by atoms with E-state index in [0.717, 1.165) is 6.08 Å². The molecular weight excluding hydrogens is 248 g/mol. The Morgan fingerprint density at radius 2 is 2.00 bits per heavy atom. The Morgan fingerprint density at radius 1 is 1.42 bits per heavy atom. The van der Waals surface area contributed by atoms with Crippen LogP contribution in [0, 0.1) is 5.92 Å². The van der Waals surface area contributed by atoms with Crippen molar-refractivity contribution in [2.24, 2.45) is 5.92 Å². The summed E-state index contributed by atoms with van der Waals surface area (Å²) in [5, 5.41) is 9.17. The summed E-state index contributed by atoms with van der Waals surface area (Å²) in [5.74, 6) is -1.86. The molecule has 1 N–H and O–H groups in total. The highest BCUT2D eigenvalue weighted by Gasteiger charge is 2.41. The Kier molecular flexibility index (Phi) is 4.69. The van der Waals surface area contributed by atoms with Gasteiger partial charge in [-0.1, -0.05) is 20.4 Å². The van der Waals surface area contributed by atoms with Crippen LogP contribution in [0.2, 0.25) is 0 Å². The molecule has 0 aromatic carbocycles. The van der Waals surface area contributed by atoms with Crippen molar-refractivity contribution in [1.82, 2.24) is 9.80 Å². The number of likely N-dealkylation sites (tertiary alicyclic amines) is 1. The quantitative estimate of drug-likeness (QED) is 0.729. The predicted molar refractivity (Wildman–Crippen MR) is 69.3 cm³/mol. The first-order valence-electron chi connectivity index (χ1n) is 6.23. The first-order valence-corrected chi connectivity index (χ1v) is 6.23. The van der Waals surface area contributed by atoms with Crippen LogP contribution in [-0.4, -0.2) is 58.4 Å². The van der Waals surface area contributed by atoms with Crippen LogP contribution in [0.15, 0.2) is 12.7 Å². The second-order valence-corrected chi connectivity index (χ2v) is 5.02. The minimum Gasteiger partial charge on any atom is -0.480 e. The summed E-state index contributed by atoms with van der Waals surface area (Å²) in [6.07, 6.45) is 1.73. The van der Waals surface area contributed by atoms with Crippen LogP contribution in [0.5, 0.6) is 0 Å². The molecule has 106 valence electrons. The molecule has 1 aliphatic heterocycles. The van der Waals surface area contributed by atoms with E-state index in [1.807, 2.05) is 0 Å². The lowest BCUT2D eigenvalue weighted by Crippen LogP contribution is -2.60. The van der Waals surface area contributed by atoms with E-state index in [0.29, 0.717) is 13.0 Å². The van der Waals surface area contributed by atoms with Crippen molar-refractivity contribution >= 4 is 17.8 Å². The van der Waals surface area contributed by atoms with Crippen LogP contribution in [-0.2, 0) is 14.4 Å². The molecule has 1 fully saturated rings. The first kappa shape index (κ1) is 15.2. The number of carbonyl (C=O) groups is 3. The third-order valence-electron chi connectivity index (χ3n) is 3.41. The Balaban J connectivity index is 2.79. The van der Waals surface area contributed by atoms with E-state index in [4.69, 9.17) is 5.11 Å². The molecule has 1 aliphatic rings. The Hall–Kier alpha value is -1.85. The van der Waals surface area contributed by atoms with Gasteiger partial charge in [-0.15, -0.1) is 0 Å². The first-order chi connectivity index (χ1) is 8.81. The molecule has 1 heterocycles. The van der Waals surface area contributed by atoms with Crippen LogP contribution >= 0.6 is 0 Å². The van der Waals surface area contributed by atoms with E-state index < -0.39 is 18.1 Å². The highest BCUT2D eigenvalue weighted by molar-refractivity contribution is 5.95. The van der Waals surface area contributed by atoms with Crippen molar-refractivity contribution in [3.05, 3.63) is 12.7 Å². The van der Waals surface area contributed by atoms with Gasteiger partial charge in [-0.2, -0.15) is 0 Å². The van der Waals surface area contributed by atoms with Crippen LogP contribution in [0.1, 0.15) is 20.3 Å². The molecule has 6 nitrogen and oxygen atoms in total. The maximum atomic E-state index is 12.2. The number of carboxylic acids is 1. The SMILES string of the molecule is C=CC(=O)N1CC[C@@H]1C(=O)N(C)[C@H](C(=O)O)C(C)C. The molecule has 0 unspecified atom stereocenters. The second kappa shape index (κ2) is 5.86. The normalized spacial score (nSPS) is 19.6. The summed E-state index contributed by atoms with van der Waals surface area (Å²) in [5.41, 5.74) is 0. The lowest BCUT2D eigenvalue weighted by Gasteiger charge is -2.42. The third kappa shape index (κ3) is 2.94. The van der Waals surface area contributed by atoms with E-state index in [-0.39, 0.29) is 17.7 Å². The van der Waals surface area contributed by atoms with Crippen LogP contribution < -0.4 is 0 Å². The Morgan fingerprint density at radius 3 is 2.32 bits per heavy atom. The zero-order valence-corrected chi connectivity index (χ0v) is 11.5. The average molecular weight is 268 g/mol. The molecule has 2 amide bonds. The predicted octanol–water partition coefficient (Wildman–Crippen LogP) is 0.341. The van der Waals surface area contributed by atoms with Crippen molar-refractivity contribution in [3.8, 4) is 0 Å². The van der Waals surface area contributed by atoms with Gasteiger partial charge in [0.05, 0.1) is 0 Å². The zero-order valence-electron chi connectivity index (χ0n) is 11.5. The molecule has 0 radical (unpaired) electrons. The largest absolute Gasteiger partial charge is 0.480 e. The number of aliphatic carboxylic acids is 1. The van der Waals surface area contributed by atoms with Gasteiger partial charge in [0.2, 0.25) is 11.8 Å². The monoisotopic (exact) mass is 268 g/mol. The average Bonchev–Trinajstić information content (AvgIpc) is 2.25. The van der Waals surface area contributed by atoms with E-state index in [9.17, 15) is 14.4 Å². The molecule has 0 aromatic heterocycles. The number of hydrogen-bond acceptors (Lipinski definition) is 3. The smallest absolute Gasteiger partial charge is 0.326 e. The van der Waals surface area contributed by atoms with Gasteiger partial charge in [-0.3, -0.25) is 9.59 Å². The van der Waals surface area contributed by atoms with Gasteiger partial charge < -0.3 is 14.9 Å². The summed E-state index contributed by atoms with van der Waals surface area (Å²) in [4.78, 5) is 37.6. The topological polar surface area (TPSA) is 77.9 Å². The van der Waals surface area contributed by atoms with E-state index in [1.54, 1.807) is 13.8 Å². The van der Waals surface area contributed by atoms with Crippen molar-refractivity contribution in [2.45, 2.75) is 32.4 Å². The molecule has 1 saturated heterocycles. The molecule has 0 aromatic rings. The molecule has 6 heteroatoms. The van der Waals surface area contributed by atoms with Crippen molar-refractivity contribution in [2.75, 3.05) is 13.6 Å². The number of carbonyl (C=O) groups excluding carboxylic acids is 2. The fourth-order valence-corrected chi connectivity index (χ4v) is 2.30. The van der Waals surface area contributed by atoms with Gasteiger partial charge in [0.25, 0.3) is 0 Å². The highest BCUT2D eigenvalue weighted by Crippen LogP contribution is 2.22. The molecule has 1 rings (SSSR count). The maximum absolute atomic E-state index is 12.2. The molecule has 2 atom stereocenters. The summed E-state index contributed by atoms with van der Waals surface area (Å²) in [6.45, 7) is 7.38. The van der Waals surface area contributed by atoms with Gasteiger partial charge in [0, 0.05) is 13.6 Å². The minimum atomic E-state index is -1.04. The van der Waals surface area contributed by atoms with E-state index >= 15 is 0 Å². The number of likely N-dealkylation sites (N-methyl/N-ethyl adjacent to an activating group) is 1. The molecule has 0 bridgehead atoms. The van der Waals surface area contributed by atoms with Gasteiger partial charge in [-0.25, -0.2) is 4.79 Å². The Bertz CT molecular complexity index is 405. The number of nitrogens with zero attached hydrogens (tertiary/aromatic N) is 2. The molecule has 0 saturated carbocycles. The summed E-state index contributed by atoms with van der Waals surface area (Å²) in [6, 6.07) is -1.44. The number of carboxylic acid groups (broad SMARTS) is 1. The Labute approximate surface area is 112 Å². The van der Waals surface area contributed by atoms with E-state index in [2.05, 4.69) is 6.58 Å². The standard InChI is InChI=1S/C13H20N2O4/c1-5-10(16)15-7-6-9(15)12(17)14(4)11(8(2)3)13(18)19/h5,8-9,11H,1,6-7H2,2-4H3,(H,18,19)/t9-,11+/m1/s1. The van der Waals surface area contributed by atoms with Crippen molar-refractivity contribution in [3.63, 3.8) is 0 Å². The maximum Gasteiger partial charge on any atom is 0.326 e. The summed E-state index contributed by atoms with van der Waals surface area (Å²) < 4.78 is 0. The molecule has 19 heavy (non-hydrogen) atoms. The highest BCUT2D eigenvalue weighted by atomic mass is 16.4. The molecular formula is C13H20N2O4. The van der Waals surface area contributed by atoms with Crippen LogP contribution in [0.25, 0.3) is 0 Å². The lowest BCUT2D eigenvalue weighted by molar-refractivity contribution is -0.158. The third-order valence-corrected chi connectivity index (χ3v) is 3.41. The fraction of sp³-hybridized carbons (Fsp3) is 0.615. The summed E-state index contributed by atoms with van der Waals surface area (Å²) in [7, 11) is 1.47. The minimum absolute atomic E-state index is 0.199. The van der Waals surface area contributed by atoms with E-state index in [1.165, 1.54) is 16.8 Å². The van der Waals surface area contributed by atoms with Gasteiger partial charge in [0.1, 0.15) is 12.1 Å².